The van der Waals surface area contributed by atoms with Crippen molar-refractivity contribution in [1.29, 1.82) is 0 Å². The Morgan fingerprint density at radius 2 is 2.12 bits per heavy atom. The van der Waals surface area contributed by atoms with Gasteiger partial charge >= 0.3 is 0 Å². The molecule has 0 fully saturated rings. The molecular formula is C12H18FNO2. The van der Waals surface area contributed by atoms with Gasteiger partial charge in [-0.05, 0) is 30.2 Å². The van der Waals surface area contributed by atoms with Crippen LogP contribution in [0.4, 0.5) is 10.1 Å². The number of methoxy groups -OCH3 is 1. The number of hydrogen-bond acceptors (Lipinski definition) is 3. The first-order chi connectivity index (χ1) is 7.67. The third-order valence-corrected chi connectivity index (χ3v) is 2.41. The Hall–Kier alpha value is -1.13. The number of ether oxygens (including phenoxy) is 1. The average Bonchev–Trinajstić information content (AvgIpc) is 2.28. The summed E-state index contributed by atoms with van der Waals surface area (Å²) in [5.74, 6) is -0.319. The van der Waals surface area contributed by atoms with Crippen molar-refractivity contribution in [2.24, 2.45) is 0 Å². The van der Waals surface area contributed by atoms with E-state index < -0.39 is 0 Å². The Balaban J connectivity index is 2.66. The van der Waals surface area contributed by atoms with Gasteiger partial charge in [-0.25, -0.2) is 4.39 Å². The molecule has 1 rings (SSSR count). The molecule has 0 saturated heterocycles. The SMILES string of the molecule is COCCCN(C)c1cc(F)cc(CO)c1. The van der Waals surface area contributed by atoms with Gasteiger partial charge in [0.2, 0.25) is 0 Å². The molecule has 1 aromatic rings. The van der Waals surface area contributed by atoms with E-state index in [1.165, 1.54) is 12.1 Å². The molecule has 0 aliphatic heterocycles. The second-order valence-electron chi connectivity index (χ2n) is 3.74. The van der Waals surface area contributed by atoms with Crippen LogP contribution in [0.15, 0.2) is 18.2 Å². The summed E-state index contributed by atoms with van der Waals surface area (Å²) >= 11 is 0. The zero-order valence-corrected chi connectivity index (χ0v) is 9.74. The van der Waals surface area contributed by atoms with Gasteiger partial charge in [0.15, 0.2) is 0 Å². The van der Waals surface area contributed by atoms with Crippen LogP contribution >= 0.6 is 0 Å². The number of benzene rings is 1. The lowest BCUT2D eigenvalue weighted by Crippen LogP contribution is -2.20. The molecule has 0 saturated carbocycles. The second kappa shape index (κ2) is 6.45. The molecule has 0 radical (unpaired) electrons. The molecule has 0 amide bonds. The Bertz CT molecular complexity index is 331. The number of anilines is 1. The molecule has 0 aliphatic rings. The fourth-order valence-corrected chi connectivity index (χ4v) is 1.52. The van der Waals surface area contributed by atoms with E-state index in [9.17, 15) is 4.39 Å². The minimum Gasteiger partial charge on any atom is -0.392 e. The minimum atomic E-state index is -0.319. The smallest absolute Gasteiger partial charge is 0.125 e. The van der Waals surface area contributed by atoms with Gasteiger partial charge in [-0.3, -0.25) is 0 Å². The molecule has 0 unspecified atom stereocenters. The normalized spacial score (nSPS) is 10.5. The quantitative estimate of drug-likeness (QED) is 0.752. The highest BCUT2D eigenvalue weighted by molar-refractivity contribution is 5.48. The van der Waals surface area contributed by atoms with Crippen LogP contribution in [-0.2, 0) is 11.3 Å². The molecule has 90 valence electrons. The van der Waals surface area contributed by atoms with Crippen molar-refractivity contribution in [1.82, 2.24) is 0 Å². The zero-order chi connectivity index (χ0) is 12.0. The topological polar surface area (TPSA) is 32.7 Å². The number of aliphatic hydroxyl groups is 1. The summed E-state index contributed by atoms with van der Waals surface area (Å²) in [4.78, 5) is 1.95. The number of halogens is 1. The van der Waals surface area contributed by atoms with Gasteiger partial charge in [0.05, 0.1) is 6.61 Å². The van der Waals surface area contributed by atoms with E-state index in [2.05, 4.69) is 0 Å². The Morgan fingerprint density at radius 3 is 2.75 bits per heavy atom. The van der Waals surface area contributed by atoms with Crippen LogP contribution in [-0.4, -0.2) is 32.4 Å². The monoisotopic (exact) mass is 227 g/mol. The molecule has 0 atom stereocenters. The van der Waals surface area contributed by atoms with Gasteiger partial charge in [-0.2, -0.15) is 0 Å². The summed E-state index contributed by atoms with van der Waals surface area (Å²) in [6.45, 7) is 1.34. The van der Waals surface area contributed by atoms with Gasteiger partial charge < -0.3 is 14.7 Å². The maximum Gasteiger partial charge on any atom is 0.125 e. The largest absolute Gasteiger partial charge is 0.392 e. The van der Waals surface area contributed by atoms with Gasteiger partial charge in [-0.1, -0.05) is 0 Å². The summed E-state index contributed by atoms with van der Waals surface area (Å²) in [6, 6.07) is 4.59. The van der Waals surface area contributed by atoms with E-state index in [-0.39, 0.29) is 12.4 Å². The highest BCUT2D eigenvalue weighted by Gasteiger charge is 2.04. The molecule has 0 bridgehead atoms. The molecule has 16 heavy (non-hydrogen) atoms. The van der Waals surface area contributed by atoms with E-state index in [0.29, 0.717) is 12.2 Å². The van der Waals surface area contributed by atoms with E-state index in [1.807, 2.05) is 11.9 Å². The number of nitrogens with zero attached hydrogens (tertiary/aromatic N) is 1. The minimum absolute atomic E-state index is 0.142. The highest BCUT2D eigenvalue weighted by Crippen LogP contribution is 2.17. The van der Waals surface area contributed by atoms with E-state index in [0.717, 1.165) is 18.7 Å². The lowest BCUT2D eigenvalue weighted by Gasteiger charge is -2.19. The van der Waals surface area contributed by atoms with Crippen molar-refractivity contribution in [3.8, 4) is 0 Å². The molecule has 0 aliphatic carbocycles. The molecular weight excluding hydrogens is 209 g/mol. The van der Waals surface area contributed by atoms with Crippen molar-refractivity contribution < 1.29 is 14.2 Å². The summed E-state index contributed by atoms with van der Waals surface area (Å²) in [5, 5.41) is 8.98. The molecule has 0 spiro atoms. The van der Waals surface area contributed by atoms with E-state index in [1.54, 1.807) is 13.2 Å². The summed E-state index contributed by atoms with van der Waals surface area (Å²) in [7, 11) is 3.55. The number of rotatable bonds is 6. The second-order valence-corrected chi connectivity index (χ2v) is 3.74. The first kappa shape index (κ1) is 12.9. The number of hydrogen-bond donors (Lipinski definition) is 1. The van der Waals surface area contributed by atoms with Crippen LogP contribution < -0.4 is 4.90 Å². The van der Waals surface area contributed by atoms with Crippen molar-refractivity contribution in [3.63, 3.8) is 0 Å². The highest BCUT2D eigenvalue weighted by atomic mass is 19.1. The third-order valence-electron chi connectivity index (χ3n) is 2.41. The maximum absolute atomic E-state index is 13.2. The van der Waals surface area contributed by atoms with Crippen molar-refractivity contribution in [2.75, 3.05) is 32.2 Å². The fourth-order valence-electron chi connectivity index (χ4n) is 1.52. The first-order valence-corrected chi connectivity index (χ1v) is 5.27. The van der Waals surface area contributed by atoms with Crippen LogP contribution in [0.3, 0.4) is 0 Å². The predicted molar refractivity (Wildman–Crippen MR) is 62.1 cm³/mol. The van der Waals surface area contributed by atoms with Gasteiger partial charge in [-0.15, -0.1) is 0 Å². The molecule has 0 aromatic heterocycles. The van der Waals surface area contributed by atoms with Crippen LogP contribution in [0, 0.1) is 5.82 Å². The maximum atomic E-state index is 13.2. The van der Waals surface area contributed by atoms with Gasteiger partial charge in [0.1, 0.15) is 5.82 Å². The van der Waals surface area contributed by atoms with Crippen LogP contribution in [0.25, 0.3) is 0 Å². The lowest BCUT2D eigenvalue weighted by molar-refractivity contribution is 0.196. The van der Waals surface area contributed by atoms with Gasteiger partial charge in [0, 0.05) is 33.0 Å². The van der Waals surface area contributed by atoms with Crippen LogP contribution in [0.2, 0.25) is 0 Å². The summed E-state index contributed by atoms with van der Waals surface area (Å²) in [5.41, 5.74) is 1.37. The predicted octanol–water partition coefficient (Wildman–Crippen LogP) is 1.79. The van der Waals surface area contributed by atoms with Crippen molar-refractivity contribution in [2.45, 2.75) is 13.0 Å². The summed E-state index contributed by atoms with van der Waals surface area (Å²) < 4.78 is 18.2. The van der Waals surface area contributed by atoms with Gasteiger partial charge in [0.25, 0.3) is 0 Å². The third kappa shape index (κ3) is 3.79. The first-order valence-electron chi connectivity index (χ1n) is 5.27. The standard InChI is InChI=1S/C12H18FNO2/c1-14(4-3-5-16-2)12-7-10(9-15)6-11(13)8-12/h6-8,15H,3-5,9H2,1-2H3. The van der Waals surface area contributed by atoms with Crippen LogP contribution in [0.5, 0.6) is 0 Å². The fraction of sp³-hybridized carbons (Fsp3) is 0.500. The van der Waals surface area contributed by atoms with Crippen molar-refractivity contribution >= 4 is 5.69 Å². The van der Waals surface area contributed by atoms with E-state index >= 15 is 0 Å². The van der Waals surface area contributed by atoms with E-state index in [4.69, 9.17) is 9.84 Å². The Morgan fingerprint density at radius 1 is 1.38 bits per heavy atom. The molecule has 1 aromatic carbocycles. The zero-order valence-electron chi connectivity index (χ0n) is 9.74. The Labute approximate surface area is 95.5 Å². The Kier molecular flexibility index (Phi) is 5.22. The molecule has 1 N–H and O–H groups in total. The van der Waals surface area contributed by atoms with Crippen LogP contribution in [0.1, 0.15) is 12.0 Å². The van der Waals surface area contributed by atoms with Crippen molar-refractivity contribution in [3.05, 3.63) is 29.6 Å². The molecule has 0 heterocycles. The number of aliphatic hydroxyl groups excluding tert-OH is 1. The molecule has 4 heteroatoms. The summed E-state index contributed by atoms with van der Waals surface area (Å²) in [6.07, 6.45) is 0.887. The average molecular weight is 227 g/mol. The lowest BCUT2D eigenvalue weighted by atomic mass is 10.2. The molecule has 3 nitrogen and oxygen atoms in total.